The summed E-state index contributed by atoms with van der Waals surface area (Å²) >= 11 is 0. The first-order valence-corrected chi connectivity index (χ1v) is 8.27. The van der Waals surface area contributed by atoms with Crippen LogP contribution in [-0.2, 0) is 0 Å². The minimum Gasteiger partial charge on any atom is -0.0651 e. The molecule has 0 nitrogen and oxygen atoms in total. The van der Waals surface area contributed by atoms with E-state index < -0.39 is 0 Å². The van der Waals surface area contributed by atoms with Gasteiger partial charge in [-0.25, -0.2) is 0 Å². The average molecular weight is 255 g/mol. The second-order valence-corrected chi connectivity index (χ2v) is 7.51. The summed E-state index contributed by atoms with van der Waals surface area (Å²) in [5, 5.41) is 0. The van der Waals surface area contributed by atoms with Crippen molar-refractivity contribution in [3.05, 3.63) is 0 Å². The van der Waals surface area contributed by atoms with Gasteiger partial charge in [0.2, 0.25) is 0 Å². The number of hydrogen-bond donors (Lipinski definition) is 0. The molecule has 0 aliphatic carbocycles. The van der Waals surface area contributed by atoms with E-state index in [-0.39, 0.29) is 0 Å². The van der Waals surface area contributed by atoms with Crippen molar-refractivity contribution in [3.8, 4) is 0 Å². The summed E-state index contributed by atoms with van der Waals surface area (Å²) in [5.41, 5.74) is 0. The Morgan fingerprint density at radius 2 is 1.06 bits per heavy atom. The molecule has 0 aliphatic rings. The van der Waals surface area contributed by atoms with Crippen LogP contribution in [0.1, 0.15) is 81.1 Å². The highest BCUT2D eigenvalue weighted by molar-refractivity contribution is 4.70. The Morgan fingerprint density at radius 1 is 0.611 bits per heavy atom. The zero-order valence-electron chi connectivity index (χ0n) is 14.3. The monoisotopic (exact) mass is 254 g/mol. The first-order chi connectivity index (χ1) is 8.27. The molecule has 0 rings (SSSR count). The number of rotatable bonds is 9. The first-order valence-electron chi connectivity index (χ1n) is 8.27. The third-order valence-corrected chi connectivity index (χ3v) is 5.03. The first kappa shape index (κ1) is 18.0. The van der Waals surface area contributed by atoms with Crippen molar-refractivity contribution in [3.63, 3.8) is 0 Å². The predicted molar refractivity (Wildman–Crippen MR) is 84.8 cm³/mol. The highest BCUT2D eigenvalue weighted by Crippen LogP contribution is 2.30. The van der Waals surface area contributed by atoms with Gasteiger partial charge in [0.15, 0.2) is 0 Å². The Balaban J connectivity index is 3.99. The van der Waals surface area contributed by atoms with Gasteiger partial charge in [-0.2, -0.15) is 0 Å². The van der Waals surface area contributed by atoms with E-state index in [2.05, 4.69) is 55.4 Å². The molecule has 0 aliphatic heterocycles. The van der Waals surface area contributed by atoms with Crippen molar-refractivity contribution < 1.29 is 0 Å². The molecule has 0 aromatic carbocycles. The SMILES string of the molecule is CCC(C)CC(C)CC(C)CC(C)C(C)C(C)C. The van der Waals surface area contributed by atoms with Gasteiger partial charge in [0.1, 0.15) is 0 Å². The lowest BCUT2D eigenvalue weighted by molar-refractivity contribution is 0.230. The Hall–Kier alpha value is 0. The molecule has 0 radical (unpaired) electrons. The summed E-state index contributed by atoms with van der Waals surface area (Å²) in [5.74, 6) is 5.24. The van der Waals surface area contributed by atoms with Crippen LogP contribution in [0.3, 0.4) is 0 Å². The maximum absolute atomic E-state index is 2.46. The van der Waals surface area contributed by atoms with Gasteiger partial charge in [0, 0.05) is 0 Å². The standard InChI is InChI=1S/C18H38/c1-9-14(4)10-15(5)11-16(6)12-17(7)18(8)13(2)3/h13-18H,9-12H2,1-8H3. The van der Waals surface area contributed by atoms with Gasteiger partial charge in [0.05, 0.1) is 0 Å². The van der Waals surface area contributed by atoms with Crippen LogP contribution in [0.25, 0.3) is 0 Å². The Kier molecular flexibility index (Phi) is 8.99. The molecule has 0 spiro atoms. The second kappa shape index (κ2) is 8.99. The normalized spacial score (nSPS) is 20.5. The van der Waals surface area contributed by atoms with Crippen molar-refractivity contribution >= 4 is 0 Å². The molecule has 0 aromatic rings. The van der Waals surface area contributed by atoms with Crippen LogP contribution in [0.5, 0.6) is 0 Å². The molecule has 0 saturated heterocycles. The van der Waals surface area contributed by atoms with Gasteiger partial charge < -0.3 is 0 Å². The van der Waals surface area contributed by atoms with Gasteiger partial charge in [-0.1, -0.05) is 61.8 Å². The van der Waals surface area contributed by atoms with E-state index in [1.165, 1.54) is 25.7 Å². The largest absolute Gasteiger partial charge is 0.0651 e. The van der Waals surface area contributed by atoms with E-state index in [4.69, 9.17) is 0 Å². The minimum atomic E-state index is 0.824. The van der Waals surface area contributed by atoms with Crippen molar-refractivity contribution in [1.82, 2.24) is 0 Å². The molecule has 0 fully saturated rings. The van der Waals surface area contributed by atoms with Crippen LogP contribution in [0, 0.1) is 35.5 Å². The zero-order valence-corrected chi connectivity index (χ0v) is 14.3. The van der Waals surface area contributed by atoms with Crippen molar-refractivity contribution in [2.24, 2.45) is 35.5 Å². The van der Waals surface area contributed by atoms with Crippen LogP contribution >= 0.6 is 0 Å². The highest BCUT2D eigenvalue weighted by Gasteiger charge is 2.19. The molecule has 0 saturated carbocycles. The van der Waals surface area contributed by atoms with Gasteiger partial charge in [0.25, 0.3) is 0 Å². The summed E-state index contributed by atoms with van der Waals surface area (Å²) < 4.78 is 0. The fourth-order valence-electron chi connectivity index (χ4n) is 3.24. The molecule has 0 bridgehead atoms. The quantitative estimate of drug-likeness (QED) is 0.446. The van der Waals surface area contributed by atoms with Crippen LogP contribution in [0.15, 0.2) is 0 Å². The fraction of sp³-hybridized carbons (Fsp3) is 1.00. The Morgan fingerprint density at radius 3 is 1.50 bits per heavy atom. The molecule has 0 amide bonds. The van der Waals surface area contributed by atoms with Crippen molar-refractivity contribution in [1.29, 1.82) is 0 Å². The molecular formula is C18H38. The van der Waals surface area contributed by atoms with Crippen LogP contribution in [-0.4, -0.2) is 0 Å². The topological polar surface area (TPSA) is 0 Å². The lowest BCUT2D eigenvalue weighted by Gasteiger charge is -2.27. The lowest BCUT2D eigenvalue weighted by Crippen LogP contribution is -2.18. The van der Waals surface area contributed by atoms with Crippen molar-refractivity contribution in [2.45, 2.75) is 81.1 Å². The molecule has 0 heteroatoms. The number of hydrogen-bond acceptors (Lipinski definition) is 0. The van der Waals surface area contributed by atoms with Crippen LogP contribution < -0.4 is 0 Å². The third kappa shape index (κ3) is 7.44. The molecule has 18 heavy (non-hydrogen) atoms. The summed E-state index contributed by atoms with van der Waals surface area (Å²) in [4.78, 5) is 0. The highest BCUT2D eigenvalue weighted by atomic mass is 14.3. The molecule has 0 heterocycles. The lowest BCUT2D eigenvalue weighted by atomic mass is 9.78. The molecule has 110 valence electrons. The van der Waals surface area contributed by atoms with Gasteiger partial charge in [-0.3, -0.25) is 0 Å². The smallest absolute Gasteiger partial charge is 0.0394 e. The van der Waals surface area contributed by atoms with E-state index >= 15 is 0 Å². The van der Waals surface area contributed by atoms with E-state index in [0.29, 0.717) is 0 Å². The minimum absolute atomic E-state index is 0.824. The zero-order chi connectivity index (χ0) is 14.3. The maximum Gasteiger partial charge on any atom is -0.0394 e. The molecule has 5 unspecified atom stereocenters. The molecule has 0 N–H and O–H groups in total. The summed E-state index contributed by atoms with van der Waals surface area (Å²) in [7, 11) is 0. The molecule has 5 atom stereocenters. The van der Waals surface area contributed by atoms with Crippen molar-refractivity contribution in [2.75, 3.05) is 0 Å². The summed E-state index contributed by atoms with van der Waals surface area (Å²) in [6.45, 7) is 19.2. The van der Waals surface area contributed by atoms with E-state index in [1.54, 1.807) is 0 Å². The van der Waals surface area contributed by atoms with E-state index in [9.17, 15) is 0 Å². The van der Waals surface area contributed by atoms with Crippen LogP contribution in [0.2, 0.25) is 0 Å². The van der Waals surface area contributed by atoms with Gasteiger partial charge >= 0.3 is 0 Å². The van der Waals surface area contributed by atoms with Crippen LogP contribution in [0.4, 0.5) is 0 Å². The second-order valence-electron chi connectivity index (χ2n) is 7.51. The van der Waals surface area contributed by atoms with Gasteiger partial charge in [-0.05, 0) is 54.8 Å². The van der Waals surface area contributed by atoms with E-state index in [1.807, 2.05) is 0 Å². The maximum atomic E-state index is 2.46. The predicted octanol–water partition coefficient (Wildman–Crippen LogP) is 6.40. The third-order valence-electron chi connectivity index (χ3n) is 5.03. The summed E-state index contributed by atoms with van der Waals surface area (Å²) in [6.07, 6.45) is 5.57. The molecule has 0 aromatic heterocycles. The molecular weight excluding hydrogens is 216 g/mol. The van der Waals surface area contributed by atoms with E-state index in [0.717, 1.165) is 35.5 Å². The average Bonchev–Trinajstić information content (AvgIpc) is 2.26. The fourth-order valence-corrected chi connectivity index (χ4v) is 3.24. The van der Waals surface area contributed by atoms with Gasteiger partial charge in [-0.15, -0.1) is 0 Å². The summed E-state index contributed by atoms with van der Waals surface area (Å²) in [6, 6.07) is 0. The Labute approximate surface area is 117 Å². The Bertz CT molecular complexity index is 194.